The van der Waals surface area contributed by atoms with Crippen LogP contribution in [0, 0.1) is 0 Å². The maximum Gasteiger partial charge on any atom is 0.241 e. The number of methoxy groups -OCH3 is 1. The van der Waals surface area contributed by atoms with Crippen LogP contribution in [0.1, 0.15) is 26.2 Å². The van der Waals surface area contributed by atoms with Crippen molar-refractivity contribution in [3.05, 3.63) is 18.2 Å². The molecule has 0 aliphatic rings. The number of nitrogens with one attached hydrogen (secondary N) is 1. The number of anilines is 1. The third-order valence-electron chi connectivity index (χ3n) is 2.96. The molecule has 0 aromatic heterocycles. The number of carbonyl (C=O) groups excluding carboxylic acids is 1. The second-order valence-corrected chi connectivity index (χ2v) is 6.21. The molecule has 0 fully saturated rings. The highest BCUT2D eigenvalue weighted by molar-refractivity contribution is 7.89. The van der Waals surface area contributed by atoms with E-state index in [-0.39, 0.29) is 10.6 Å². The molecule has 0 aliphatic carbocycles. The Balaban J connectivity index is 2.98. The fourth-order valence-electron chi connectivity index (χ4n) is 1.74. The minimum Gasteiger partial charge on any atom is -0.495 e. The van der Waals surface area contributed by atoms with Crippen LogP contribution in [-0.4, -0.2) is 27.5 Å². The fourth-order valence-corrected chi connectivity index (χ4v) is 2.28. The Bertz CT molecular complexity index is 601. The fraction of sp³-hybridized carbons (Fsp3) is 0.462. The zero-order valence-corrected chi connectivity index (χ0v) is 12.9. The molecule has 0 heterocycles. The lowest BCUT2D eigenvalue weighted by molar-refractivity contribution is -0.117. The number of benzene rings is 1. The van der Waals surface area contributed by atoms with Gasteiger partial charge in [0.05, 0.1) is 23.7 Å². The number of unbranched alkanes of at least 4 members (excludes halogenated alkanes) is 1. The molecule has 8 heteroatoms. The molecule has 21 heavy (non-hydrogen) atoms. The van der Waals surface area contributed by atoms with Gasteiger partial charge in [-0.25, -0.2) is 13.6 Å². The van der Waals surface area contributed by atoms with Crippen LogP contribution in [0.2, 0.25) is 0 Å². The van der Waals surface area contributed by atoms with E-state index in [9.17, 15) is 13.2 Å². The summed E-state index contributed by atoms with van der Waals surface area (Å²) in [4.78, 5) is 11.9. The Morgan fingerprint density at radius 1 is 1.43 bits per heavy atom. The second-order valence-electron chi connectivity index (χ2n) is 4.65. The van der Waals surface area contributed by atoms with Gasteiger partial charge in [-0.2, -0.15) is 0 Å². The van der Waals surface area contributed by atoms with E-state index in [0.717, 1.165) is 12.8 Å². The van der Waals surface area contributed by atoms with Crippen LogP contribution in [0.15, 0.2) is 23.1 Å². The lowest BCUT2D eigenvalue weighted by Crippen LogP contribution is -2.35. The molecule has 0 saturated heterocycles. The second kappa shape index (κ2) is 7.39. The van der Waals surface area contributed by atoms with Crippen LogP contribution in [0.3, 0.4) is 0 Å². The van der Waals surface area contributed by atoms with Crippen molar-refractivity contribution in [3.8, 4) is 5.75 Å². The van der Waals surface area contributed by atoms with E-state index >= 15 is 0 Å². The molecule has 5 N–H and O–H groups in total. The average Bonchev–Trinajstić information content (AvgIpc) is 2.43. The van der Waals surface area contributed by atoms with Crippen LogP contribution in [-0.2, 0) is 14.8 Å². The summed E-state index contributed by atoms with van der Waals surface area (Å²) in [7, 11) is -2.44. The number of hydrogen-bond acceptors (Lipinski definition) is 5. The molecule has 0 unspecified atom stereocenters. The van der Waals surface area contributed by atoms with Gasteiger partial charge in [0.1, 0.15) is 5.75 Å². The molecule has 0 aliphatic heterocycles. The third kappa shape index (κ3) is 5.00. The van der Waals surface area contributed by atoms with E-state index < -0.39 is 22.0 Å². The first-order valence-electron chi connectivity index (χ1n) is 6.57. The van der Waals surface area contributed by atoms with Crippen molar-refractivity contribution in [2.24, 2.45) is 10.9 Å². The molecule has 1 atom stereocenters. The number of sulfonamides is 1. The predicted molar refractivity (Wildman–Crippen MR) is 80.5 cm³/mol. The lowest BCUT2D eigenvalue weighted by atomic mass is 10.1. The van der Waals surface area contributed by atoms with Gasteiger partial charge in [-0.3, -0.25) is 4.79 Å². The Labute approximate surface area is 124 Å². The molecule has 0 bridgehead atoms. The SMILES string of the molecule is CCCC[C@H](N)C(=O)Nc1cc(S(N)(=O)=O)ccc1OC. The van der Waals surface area contributed by atoms with Crippen molar-refractivity contribution >= 4 is 21.6 Å². The minimum absolute atomic E-state index is 0.110. The standard InChI is InChI=1S/C13H21N3O4S/c1-3-4-5-10(14)13(17)16-11-8-9(21(15,18)19)6-7-12(11)20-2/h6-8,10H,3-5,14H2,1-2H3,(H,16,17)(H2,15,18,19)/t10-/m0/s1. The molecule has 1 rings (SSSR count). The molecular formula is C13H21N3O4S. The molecule has 1 amide bonds. The van der Waals surface area contributed by atoms with E-state index in [2.05, 4.69) is 5.32 Å². The van der Waals surface area contributed by atoms with Crippen molar-refractivity contribution < 1.29 is 17.9 Å². The Morgan fingerprint density at radius 3 is 2.62 bits per heavy atom. The summed E-state index contributed by atoms with van der Waals surface area (Å²) >= 11 is 0. The maximum absolute atomic E-state index is 12.0. The number of carbonyl (C=O) groups is 1. The number of primary sulfonamides is 1. The predicted octanol–water partition coefficient (Wildman–Crippen LogP) is 0.799. The first kappa shape index (κ1) is 17.4. The normalized spacial score (nSPS) is 12.8. The minimum atomic E-state index is -3.86. The van der Waals surface area contributed by atoms with Gasteiger partial charge in [0, 0.05) is 0 Å². The monoisotopic (exact) mass is 315 g/mol. The third-order valence-corrected chi connectivity index (χ3v) is 3.87. The van der Waals surface area contributed by atoms with Gasteiger partial charge in [-0.1, -0.05) is 19.8 Å². The largest absolute Gasteiger partial charge is 0.495 e. The van der Waals surface area contributed by atoms with E-state index in [4.69, 9.17) is 15.6 Å². The summed E-state index contributed by atoms with van der Waals surface area (Å²) in [5.41, 5.74) is 5.99. The van der Waals surface area contributed by atoms with Gasteiger partial charge >= 0.3 is 0 Å². The highest BCUT2D eigenvalue weighted by Gasteiger charge is 2.17. The van der Waals surface area contributed by atoms with Gasteiger partial charge in [-0.05, 0) is 24.6 Å². The van der Waals surface area contributed by atoms with E-state index in [1.165, 1.54) is 25.3 Å². The highest BCUT2D eigenvalue weighted by atomic mass is 32.2. The van der Waals surface area contributed by atoms with Crippen LogP contribution >= 0.6 is 0 Å². The lowest BCUT2D eigenvalue weighted by Gasteiger charge is -2.15. The number of nitrogens with two attached hydrogens (primary N) is 2. The smallest absolute Gasteiger partial charge is 0.241 e. The van der Waals surface area contributed by atoms with Gasteiger partial charge in [0.2, 0.25) is 15.9 Å². The summed E-state index contributed by atoms with van der Waals surface area (Å²) in [5.74, 6) is -0.0632. The van der Waals surface area contributed by atoms with Crippen molar-refractivity contribution in [3.63, 3.8) is 0 Å². The first-order valence-corrected chi connectivity index (χ1v) is 8.11. The number of amides is 1. The summed E-state index contributed by atoms with van der Waals surface area (Å²) in [5, 5.41) is 7.64. The summed E-state index contributed by atoms with van der Waals surface area (Å²) < 4.78 is 27.8. The van der Waals surface area contributed by atoms with Gasteiger partial charge in [0.15, 0.2) is 0 Å². The summed E-state index contributed by atoms with van der Waals surface area (Å²) in [6.45, 7) is 2.00. The Kier molecular flexibility index (Phi) is 6.13. The number of hydrogen-bond donors (Lipinski definition) is 3. The molecule has 0 spiro atoms. The number of rotatable bonds is 7. The van der Waals surface area contributed by atoms with Crippen LogP contribution < -0.4 is 20.9 Å². The average molecular weight is 315 g/mol. The van der Waals surface area contributed by atoms with Crippen LogP contribution in [0.25, 0.3) is 0 Å². The Hall–Kier alpha value is -1.64. The van der Waals surface area contributed by atoms with Crippen molar-refractivity contribution in [2.45, 2.75) is 37.1 Å². The topological polar surface area (TPSA) is 125 Å². The van der Waals surface area contributed by atoms with E-state index in [1.807, 2.05) is 6.92 Å². The van der Waals surface area contributed by atoms with Gasteiger partial charge in [-0.15, -0.1) is 0 Å². The zero-order chi connectivity index (χ0) is 16.0. The summed E-state index contributed by atoms with van der Waals surface area (Å²) in [6.07, 6.45) is 2.33. The van der Waals surface area contributed by atoms with Crippen LogP contribution in [0.5, 0.6) is 5.75 Å². The molecule has 0 radical (unpaired) electrons. The van der Waals surface area contributed by atoms with E-state index in [0.29, 0.717) is 12.2 Å². The van der Waals surface area contributed by atoms with Crippen LogP contribution in [0.4, 0.5) is 5.69 Å². The maximum atomic E-state index is 12.0. The zero-order valence-electron chi connectivity index (χ0n) is 12.1. The molecule has 1 aromatic carbocycles. The molecule has 118 valence electrons. The first-order chi connectivity index (χ1) is 9.79. The number of ether oxygens (including phenoxy) is 1. The van der Waals surface area contributed by atoms with Crippen molar-refractivity contribution in [1.82, 2.24) is 0 Å². The quantitative estimate of drug-likeness (QED) is 0.686. The van der Waals surface area contributed by atoms with Crippen molar-refractivity contribution in [2.75, 3.05) is 12.4 Å². The Morgan fingerprint density at radius 2 is 2.10 bits per heavy atom. The summed E-state index contributed by atoms with van der Waals surface area (Å²) in [6, 6.07) is 3.32. The molecular weight excluding hydrogens is 294 g/mol. The van der Waals surface area contributed by atoms with Crippen molar-refractivity contribution in [1.29, 1.82) is 0 Å². The molecule has 7 nitrogen and oxygen atoms in total. The van der Waals surface area contributed by atoms with Gasteiger partial charge < -0.3 is 15.8 Å². The van der Waals surface area contributed by atoms with Gasteiger partial charge in [0.25, 0.3) is 0 Å². The molecule has 0 saturated carbocycles. The molecule has 1 aromatic rings. The highest BCUT2D eigenvalue weighted by Crippen LogP contribution is 2.27. The van der Waals surface area contributed by atoms with E-state index in [1.54, 1.807) is 0 Å².